The predicted molar refractivity (Wildman–Crippen MR) is 103 cm³/mol. The largest absolute Gasteiger partial charge is 0.496 e. The number of halogens is 4. The molecule has 1 unspecified atom stereocenters. The SMILES string of the molecule is CN=C(NCc1ccccc1OC)NC1CCN(CC(F)(F)F)C1.I. The molecule has 5 nitrogen and oxygen atoms in total. The van der Waals surface area contributed by atoms with E-state index in [1.807, 2.05) is 24.3 Å². The van der Waals surface area contributed by atoms with E-state index in [0.29, 0.717) is 32.0 Å². The Balaban J connectivity index is 0.00000312. The lowest BCUT2D eigenvalue weighted by Gasteiger charge is -2.20. The van der Waals surface area contributed by atoms with Gasteiger partial charge in [0.05, 0.1) is 13.7 Å². The summed E-state index contributed by atoms with van der Waals surface area (Å²) in [7, 11) is 3.25. The van der Waals surface area contributed by atoms with Crippen LogP contribution in [0.25, 0.3) is 0 Å². The molecule has 0 aliphatic carbocycles. The summed E-state index contributed by atoms with van der Waals surface area (Å²) in [6, 6.07) is 7.58. The van der Waals surface area contributed by atoms with Gasteiger partial charge in [-0.05, 0) is 12.5 Å². The van der Waals surface area contributed by atoms with Gasteiger partial charge in [0.15, 0.2) is 5.96 Å². The molecule has 1 heterocycles. The molecule has 1 aromatic rings. The summed E-state index contributed by atoms with van der Waals surface area (Å²) >= 11 is 0. The highest BCUT2D eigenvalue weighted by Crippen LogP contribution is 2.20. The van der Waals surface area contributed by atoms with Gasteiger partial charge in [-0.3, -0.25) is 9.89 Å². The van der Waals surface area contributed by atoms with Crippen LogP contribution in [0.2, 0.25) is 0 Å². The van der Waals surface area contributed by atoms with Gasteiger partial charge >= 0.3 is 6.18 Å². The van der Waals surface area contributed by atoms with E-state index in [2.05, 4.69) is 15.6 Å². The van der Waals surface area contributed by atoms with Gasteiger partial charge in [-0.25, -0.2) is 0 Å². The molecule has 2 N–H and O–H groups in total. The van der Waals surface area contributed by atoms with Crippen molar-refractivity contribution >= 4 is 29.9 Å². The monoisotopic (exact) mass is 472 g/mol. The van der Waals surface area contributed by atoms with Crippen LogP contribution in [-0.2, 0) is 6.54 Å². The lowest BCUT2D eigenvalue weighted by atomic mass is 10.2. The topological polar surface area (TPSA) is 48.9 Å². The number of hydrogen-bond donors (Lipinski definition) is 2. The molecule has 2 rings (SSSR count). The lowest BCUT2D eigenvalue weighted by molar-refractivity contribution is -0.143. The number of guanidine groups is 1. The number of hydrogen-bond acceptors (Lipinski definition) is 3. The van der Waals surface area contributed by atoms with Gasteiger partial charge in [-0.2, -0.15) is 13.2 Å². The second-order valence-corrected chi connectivity index (χ2v) is 5.72. The molecule has 1 atom stereocenters. The number of likely N-dealkylation sites (tertiary alicyclic amines) is 1. The summed E-state index contributed by atoms with van der Waals surface area (Å²) in [6.45, 7) is 0.441. The van der Waals surface area contributed by atoms with Crippen molar-refractivity contribution in [2.24, 2.45) is 4.99 Å². The molecule has 1 aromatic carbocycles. The molecule has 1 aliphatic rings. The minimum atomic E-state index is -4.15. The molecule has 0 radical (unpaired) electrons. The fourth-order valence-corrected chi connectivity index (χ4v) is 2.76. The molecular weight excluding hydrogens is 448 g/mol. The fourth-order valence-electron chi connectivity index (χ4n) is 2.76. The smallest absolute Gasteiger partial charge is 0.401 e. The number of nitrogens with one attached hydrogen (secondary N) is 2. The molecule has 0 aromatic heterocycles. The first-order valence-corrected chi connectivity index (χ1v) is 7.79. The van der Waals surface area contributed by atoms with Crippen molar-refractivity contribution in [3.05, 3.63) is 29.8 Å². The number of alkyl halides is 3. The van der Waals surface area contributed by atoms with Crippen molar-refractivity contribution in [3.8, 4) is 5.75 Å². The Kier molecular flexibility index (Phi) is 8.77. The van der Waals surface area contributed by atoms with E-state index in [0.717, 1.165) is 11.3 Å². The van der Waals surface area contributed by atoms with Crippen LogP contribution in [0.5, 0.6) is 5.75 Å². The third kappa shape index (κ3) is 7.27. The Morgan fingerprint density at radius 3 is 2.72 bits per heavy atom. The van der Waals surface area contributed by atoms with Crippen LogP contribution in [0.3, 0.4) is 0 Å². The van der Waals surface area contributed by atoms with Gasteiger partial charge in [0.25, 0.3) is 0 Å². The average molecular weight is 472 g/mol. The van der Waals surface area contributed by atoms with E-state index >= 15 is 0 Å². The van der Waals surface area contributed by atoms with Crippen molar-refractivity contribution in [1.82, 2.24) is 15.5 Å². The zero-order chi connectivity index (χ0) is 17.6. The average Bonchev–Trinajstić information content (AvgIpc) is 2.96. The third-order valence-electron chi connectivity index (χ3n) is 3.88. The van der Waals surface area contributed by atoms with Gasteiger partial charge < -0.3 is 15.4 Å². The first kappa shape index (κ1) is 21.8. The third-order valence-corrected chi connectivity index (χ3v) is 3.88. The summed E-state index contributed by atoms with van der Waals surface area (Å²) < 4.78 is 42.6. The minimum Gasteiger partial charge on any atom is -0.496 e. The summed E-state index contributed by atoms with van der Waals surface area (Å²) in [5.41, 5.74) is 0.980. The molecule has 0 bridgehead atoms. The van der Waals surface area contributed by atoms with Gasteiger partial charge in [-0.15, -0.1) is 24.0 Å². The van der Waals surface area contributed by atoms with Crippen LogP contribution in [0.4, 0.5) is 13.2 Å². The molecular formula is C16H24F3IN4O. The second kappa shape index (κ2) is 10.0. The van der Waals surface area contributed by atoms with Crippen molar-refractivity contribution in [3.63, 3.8) is 0 Å². The van der Waals surface area contributed by atoms with E-state index in [9.17, 15) is 13.2 Å². The van der Waals surface area contributed by atoms with E-state index in [-0.39, 0.29) is 30.0 Å². The highest BCUT2D eigenvalue weighted by atomic mass is 127. The van der Waals surface area contributed by atoms with Crippen molar-refractivity contribution < 1.29 is 17.9 Å². The second-order valence-electron chi connectivity index (χ2n) is 5.72. The molecule has 1 saturated heterocycles. The Morgan fingerprint density at radius 2 is 2.08 bits per heavy atom. The number of aliphatic imine (C=N–C) groups is 1. The van der Waals surface area contributed by atoms with Crippen molar-refractivity contribution in [2.75, 3.05) is 33.8 Å². The molecule has 9 heteroatoms. The number of ether oxygens (including phenoxy) is 1. The Hall–Kier alpha value is -1.23. The quantitative estimate of drug-likeness (QED) is 0.393. The van der Waals surface area contributed by atoms with Crippen LogP contribution < -0.4 is 15.4 Å². The van der Waals surface area contributed by atoms with E-state index < -0.39 is 12.7 Å². The van der Waals surface area contributed by atoms with Gasteiger partial charge in [0.2, 0.25) is 0 Å². The zero-order valence-electron chi connectivity index (χ0n) is 14.3. The molecule has 142 valence electrons. The molecule has 0 saturated carbocycles. The number of nitrogens with zero attached hydrogens (tertiary/aromatic N) is 2. The fraction of sp³-hybridized carbons (Fsp3) is 0.562. The molecule has 0 amide bonds. The van der Waals surface area contributed by atoms with Crippen molar-refractivity contribution in [2.45, 2.75) is 25.2 Å². The highest BCUT2D eigenvalue weighted by molar-refractivity contribution is 14.0. The normalized spacial score (nSPS) is 18.6. The van der Waals surface area contributed by atoms with E-state index in [1.165, 1.54) is 4.90 Å². The highest BCUT2D eigenvalue weighted by Gasteiger charge is 2.34. The summed E-state index contributed by atoms with van der Waals surface area (Å²) in [4.78, 5) is 5.54. The predicted octanol–water partition coefficient (Wildman–Crippen LogP) is 2.61. The number of rotatable bonds is 5. The first-order valence-electron chi connectivity index (χ1n) is 7.79. The van der Waals surface area contributed by atoms with Gasteiger partial charge in [0, 0.05) is 38.3 Å². The van der Waals surface area contributed by atoms with Crippen LogP contribution in [0, 0.1) is 0 Å². The Labute approximate surface area is 163 Å². The summed E-state index contributed by atoms with van der Waals surface area (Å²) in [6.07, 6.45) is -3.50. The van der Waals surface area contributed by atoms with Crippen LogP contribution in [0.15, 0.2) is 29.3 Å². The van der Waals surface area contributed by atoms with Crippen LogP contribution in [0.1, 0.15) is 12.0 Å². The molecule has 1 aliphatic heterocycles. The maximum absolute atomic E-state index is 12.4. The standard InChI is InChI=1S/C16H23F3N4O.HI/c1-20-15(21-9-12-5-3-4-6-14(12)24-2)22-13-7-8-23(10-13)11-16(17,18)19;/h3-6,13H,7-11H2,1-2H3,(H2,20,21,22);1H. The maximum Gasteiger partial charge on any atom is 0.401 e. The van der Waals surface area contributed by atoms with Gasteiger partial charge in [0.1, 0.15) is 5.75 Å². The lowest BCUT2D eigenvalue weighted by Crippen LogP contribution is -2.44. The van der Waals surface area contributed by atoms with Crippen LogP contribution in [-0.4, -0.2) is 56.9 Å². The maximum atomic E-state index is 12.4. The molecule has 0 spiro atoms. The molecule has 25 heavy (non-hydrogen) atoms. The van der Waals surface area contributed by atoms with E-state index in [4.69, 9.17) is 4.74 Å². The van der Waals surface area contributed by atoms with Crippen LogP contribution >= 0.6 is 24.0 Å². The summed E-state index contributed by atoms with van der Waals surface area (Å²) in [5, 5.41) is 6.35. The molecule has 1 fully saturated rings. The Morgan fingerprint density at radius 1 is 1.36 bits per heavy atom. The number of methoxy groups -OCH3 is 1. The minimum absolute atomic E-state index is 0. The van der Waals surface area contributed by atoms with Gasteiger partial charge in [-0.1, -0.05) is 18.2 Å². The Bertz CT molecular complexity index is 569. The zero-order valence-corrected chi connectivity index (χ0v) is 16.6. The number of para-hydroxylation sites is 1. The number of benzene rings is 1. The van der Waals surface area contributed by atoms with Crippen molar-refractivity contribution in [1.29, 1.82) is 0 Å². The summed E-state index contributed by atoms with van der Waals surface area (Å²) in [5.74, 6) is 1.34. The first-order chi connectivity index (χ1) is 11.4. The van der Waals surface area contributed by atoms with E-state index in [1.54, 1.807) is 14.2 Å².